The van der Waals surface area contributed by atoms with E-state index in [-0.39, 0.29) is 5.91 Å². The topological polar surface area (TPSA) is 37.3 Å². The van der Waals surface area contributed by atoms with Crippen LogP contribution in [0.25, 0.3) is 0 Å². The van der Waals surface area contributed by atoms with Gasteiger partial charge in [-0.05, 0) is 34.8 Å². The molecule has 1 N–H and O–H groups in total. The minimum absolute atomic E-state index is 0.133. The Balaban J connectivity index is 1.84. The summed E-state index contributed by atoms with van der Waals surface area (Å²) >= 11 is 3.46. The van der Waals surface area contributed by atoms with Crippen LogP contribution in [0.1, 0.15) is 29.4 Å². The summed E-state index contributed by atoms with van der Waals surface area (Å²) in [6.07, 6.45) is 4.41. The summed E-state index contributed by atoms with van der Waals surface area (Å²) in [5.74, 6) is 0.133. The van der Waals surface area contributed by atoms with Gasteiger partial charge in [0.2, 0.25) is 0 Å². The van der Waals surface area contributed by atoms with Crippen LogP contribution < -0.4 is 5.32 Å². The van der Waals surface area contributed by atoms with Gasteiger partial charge >= 0.3 is 0 Å². The van der Waals surface area contributed by atoms with Crippen LogP contribution in [-0.2, 0) is 0 Å². The number of carbonyl (C=O) groups excluding carboxylic acids is 1. The molecule has 2 aliphatic rings. The molecule has 4 nitrogen and oxygen atoms in total. The van der Waals surface area contributed by atoms with Gasteiger partial charge in [0.05, 0.1) is 6.04 Å². The molecular formula is C12H16BrN3O. The van der Waals surface area contributed by atoms with E-state index >= 15 is 0 Å². The lowest BCUT2D eigenvalue weighted by molar-refractivity contribution is 0.0670. The van der Waals surface area contributed by atoms with Crippen LogP contribution in [0.4, 0.5) is 0 Å². The first kappa shape index (κ1) is 11.3. The molecule has 17 heavy (non-hydrogen) atoms. The number of nitrogens with one attached hydrogen (secondary N) is 1. The third-order valence-corrected chi connectivity index (χ3v) is 4.04. The van der Waals surface area contributed by atoms with Gasteiger partial charge in [0, 0.05) is 36.8 Å². The molecule has 1 saturated carbocycles. The summed E-state index contributed by atoms with van der Waals surface area (Å²) in [4.78, 5) is 14.3. The van der Waals surface area contributed by atoms with Crippen molar-refractivity contribution in [2.75, 3.05) is 20.1 Å². The van der Waals surface area contributed by atoms with Gasteiger partial charge in [-0.3, -0.25) is 4.79 Å². The molecule has 2 heterocycles. The first-order chi connectivity index (χ1) is 8.16. The highest BCUT2D eigenvalue weighted by molar-refractivity contribution is 9.10. The Morgan fingerprint density at radius 2 is 2.24 bits per heavy atom. The van der Waals surface area contributed by atoms with E-state index in [2.05, 4.69) is 25.8 Å². The van der Waals surface area contributed by atoms with Gasteiger partial charge < -0.3 is 14.8 Å². The standard InChI is InChI=1S/C12H16BrN3O/c1-15(10-5-14-6-10)12(17)11-4-8(13)7-16(11)9-2-3-9/h4,7,9-10,14H,2-3,5-6H2,1H3. The highest BCUT2D eigenvalue weighted by atomic mass is 79.9. The second-order valence-electron chi connectivity index (χ2n) is 4.91. The molecule has 1 amide bonds. The van der Waals surface area contributed by atoms with Crippen molar-refractivity contribution in [2.24, 2.45) is 0 Å². The fraction of sp³-hybridized carbons (Fsp3) is 0.583. The first-order valence-electron chi connectivity index (χ1n) is 6.02. The maximum absolute atomic E-state index is 12.4. The molecule has 2 fully saturated rings. The van der Waals surface area contributed by atoms with Crippen molar-refractivity contribution in [2.45, 2.75) is 24.9 Å². The summed E-state index contributed by atoms with van der Waals surface area (Å²) in [7, 11) is 1.89. The summed E-state index contributed by atoms with van der Waals surface area (Å²) in [6, 6.07) is 2.82. The number of carbonyl (C=O) groups is 1. The molecular weight excluding hydrogens is 282 g/mol. The molecule has 0 aromatic carbocycles. The Hall–Kier alpha value is -0.810. The number of hydrogen-bond acceptors (Lipinski definition) is 2. The molecule has 0 bridgehead atoms. The minimum atomic E-state index is 0.133. The molecule has 0 atom stereocenters. The van der Waals surface area contributed by atoms with E-state index in [1.54, 1.807) is 0 Å². The van der Waals surface area contributed by atoms with Crippen LogP contribution in [-0.4, -0.2) is 41.6 Å². The zero-order valence-electron chi connectivity index (χ0n) is 9.82. The van der Waals surface area contributed by atoms with Crippen LogP contribution in [0, 0.1) is 0 Å². The largest absolute Gasteiger partial charge is 0.339 e. The Morgan fingerprint density at radius 3 is 2.76 bits per heavy atom. The predicted molar refractivity (Wildman–Crippen MR) is 69.2 cm³/mol. The number of likely N-dealkylation sites (N-methyl/N-ethyl adjacent to an activating group) is 1. The Labute approximate surface area is 109 Å². The molecule has 1 aromatic rings. The van der Waals surface area contributed by atoms with Crippen molar-refractivity contribution in [1.29, 1.82) is 0 Å². The molecule has 0 unspecified atom stereocenters. The van der Waals surface area contributed by atoms with Crippen molar-refractivity contribution in [3.63, 3.8) is 0 Å². The molecule has 1 aliphatic heterocycles. The molecule has 92 valence electrons. The summed E-state index contributed by atoms with van der Waals surface area (Å²) in [6.45, 7) is 1.82. The fourth-order valence-electron chi connectivity index (χ4n) is 2.17. The average molecular weight is 298 g/mol. The number of hydrogen-bond donors (Lipinski definition) is 1. The second-order valence-corrected chi connectivity index (χ2v) is 5.83. The Bertz CT molecular complexity index is 449. The molecule has 1 aliphatic carbocycles. The van der Waals surface area contributed by atoms with Gasteiger partial charge in [0.1, 0.15) is 5.69 Å². The van der Waals surface area contributed by atoms with Crippen molar-refractivity contribution >= 4 is 21.8 Å². The van der Waals surface area contributed by atoms with Crippen molar-refractivity contribution in [3.8, 4) is 0 Å². The summed E-state index contributed by atoms with van der Waals surface area (Å²) in [5, 5.41) is 3.19. The molecule has 1 saturated heterocycles. The zero-order valence-corrected chi connectivity index (χ0v) is 11.4. The van der Waals surface area contributed by atoms with E-state index in [4.69, 9.17) is 0 Å². The monoisotopic (exact) mass is 297 g/mol. The Morgan fingerprint density at radius 1 is 1.53 bits per heavy atom. The second kappa shape index (κ2) is 4.14. The molecule has 3 rings (SSSR count). The van der Waals surface area contributed by atoms with Crippen molar-refractivity contribution in [3.05, 3.63) is 22.4 Å². The quantitative estimate of drug-likeness (QED) is 0.921. The molecule has 5 heteroatoms. The van der Waals surface area contributed by atoms with Gasteiger partial charge in [-0.1, -0.05) is 0 Å². The number of halogens is 1. The summed E-state index contributed by atoms with van der Waals surface area (Å²) in [5.41, 5.74) is 0.814. The first-order valence-corrected chi connectivity index (χ1v) is 6.81. The number of aromatic nitrogens is 1. The average Bonchev–Trinajstić information content (AvgIpc) is 2.98. The highest BCUT2D eigenvalue weighted by Gasteiger charge is 2.31. The maximum Gasteiger partial charge on any atom is 0.270 e. The van der Waals surface area contributed by atoms with Crippen LogP contribution >= 0.6 is 15.9 Å². The smallest absolute Gasteiger partial charge is 0.270 e. The summed E-state index contributed by atoms with van der Waals surface area (Å²) < 4.78 is 3.11. The van der Waals surface area contributed by atoms with Gasteiger partial charge in [0.25, 0.3) is 5.91 Å². The predicted octanol–water partition coefficient (Wildman–Crippen LogP) is 1.63. The lowest BCUT2D eigenvalue weighted by atomic mass is 10.1. The van der Waals surface area contributed by atoms with Crippen LogP contribution in [0.3, 0.4) is 0 Å². The van der Waals surface area contributed by atoms with Gasteiger partial charge in [-0.15, -0.1) is 0 Å². The maximum atomic E-state index is 12.4. The van der Waals surface area contributed by atoms with Crippen molar-refractivity contribution in [1.82, 2.24) is 14.8 Å². The van der Waals surface area contributed by atoms with E-state index in [0.717, 1.165) is 23.3 Å². The Kier molecular flexibility index (Phi) is 2.75. The third-order valence-electron chi connectivity index (χ3n) is 3.60. The normalized spacial score (nSPS) is 20.1. The van der Waals surface area contributed by atoms with E-state index in [0.29, 0.717) is 12.1 Å². The third kappa shape index (κ3) is 2.02. The minimum Gasteiger partial charge on any atom is -0.339 e. The van der Waals surface area contributed by atoms with Gasteiger partial charge in [-0.2, -0.15) is 0 Å². The lowest BCUT2D eigenvalue weighted by Crippen LogP contribution is -2.57. The van der Waals surface area contributed by atoms with E-state index in [1.165, 1.54) is 12.8 Å². The molecule has 1 aromatic heterocycles. The highest BCUT2D eigenvalue weighted by Crippen LogP contribution is 2.37. The van der Waals surface area contributed by atoms with E-state index in [9.17, 15) is 4.79 Å². The van der Waals surface area contributed by atoms with Crippen LogP contribution in [0.2, 0.25) is 0 Å². The number of amides is 1. The number of nitrogens with zero attached hydrogens (tertiary/aromatic N) is 2. The molecule has 0 radical (unpaired) electrons. The zero-order chi connectivity index (χ0) is 12.0. The van der Waals surface area contributed by atoms with Gasteiger partial charge in [-0.25, -0.2) is 0 Å². The SMILES string of the molecule is CN(C(=O)c1cc(Br)cn1C1CC1)C1CNC1. The van der Waals surface area contributed by atoms with Crippen LogP contribution in [0.15, 0.2) is 16.7 Å². The van der Waals surface area contributed by atoms with Gasteiger partial charge in [0.15, 0.2) is 0 Å². The van der Waals surface area contributed by atoms with E-state index < -0.39 is 0 Å². The van der Waals surface area contributed by atoms with Crippen LogP contribution in [0.5, 0.6) is 0 Å². The lowest BCUT2D eigenvalue weighted by Gasteiger charge is -2.35. The van der Waals surface area contributed by atoms with Crippen molar-refractivity contribution < 1.29 is 4.79 Å². The fourth-order valence-corrected chi connectivity index (χ4v) is 2.60. The molecule has 0 spiro atoms. The number of rotatable bonds is 3. The van der Waals surface area contributed by atoms with E-state index in [1.807, 2.05) is 24.2 Å².